The lowest BCUT2D eigenvalue weighted by Gasteiger charge is -2.28. The Labute approximate surface area is 343 Å². The minimum absolute atomic E-state index is 0.108. The molecule has 10 aromatic carbocycles. The first-order chi connectivity index (χ1) is 30.4. The van der Waals surface area contributed by atoms with Crippen LogP contribution in [0.1, 0.15) is 5.48 Å². The van der Waals surface area contributed by atoms with Crippen LogP contribution in [0.3, 0.4) is 0 Å². The van der Waals surface area contributed by atoms with Crippen LogP contribution in [0.15, 0.2) is 229 Å². The molecule has 0 unspecified atom stereocenters. The van der Waals surface area contributed by atoms with E-state index >= 15 is 0 Å². The lowest BCUT2D eigenvalue weighted by atomic mass is 9.96. The zero-order valence-corrected chi connectivity index (χ0v) is 31.4. The number of anilines is 3. The first kappa shape index (κ1) is 29.6. The average Bonchev–Trinajstić information content (AvgIpc) is 3.72. The van der Waals surface area contributed by atoms with Gasteiger partial charge in [0, 0.05) is 33.1 Å². The zero-order valence-electron chi connectivity index (χ0n) is 35.4. The Kier molecular flexibility index (Phi) is 7.20. The van der Waals surface area contributed by atoms with Crippen molar-refractivity contribution in [2.24, 2.45) is 0 Å². The van der Waals surface area contributed by atoms with Gasteiger partial charge in [0.2, 0.25) is 0 Å². The van der Waals surface area contributed by atoms with E-state index in [0.717, 1.165) is 82.6 Å². The van der Waals surface area contributed by atoms with Crippen molar-refractivity contribution in [3.63, 3.8) is 0 Å². The molecule has 11 aromatic rings. The largest absolute Gasteiger partial charge is 0.455 e. The Morgan fingerprint density at radius 3 is 1.79 bits per heavy atom. The first-order valence-corrected chi connectivity index (χ1v) is 19.5. The van der Waals surface area contributed by atoms with Gasteiger partial charge >= 0.3 is 0 Å². The summed E-state index contributed by atoms with van der Waals surface area (Å²) < 4.78 is 44.7. The lowest BCUT2D eigenvalue weighted by molar-refractivity contribution is 0.672. The second-order valence-corrected chi connectivity index (χ2v) is 14.6. The normalized spacial score (nSPS) is 12.4. The number of rotatable bonds is 7. The molecule has 1 heterocycles. The van der Waals surface area contributed by atoms with Gasteiger partial charge in [-0.25, -0.2) is 0 Å². The van der Waals surface area contributed by atoms with E-state index in [4.69, 9.17) is 4.42 Å². The van der Waals surface area contributed by atoms with E-state index in [9.17, 15) is 5.48 Å². The van der Waals surface area contributed by atoms with Gasteiger partial charge in [-0.3, -0.25) is 0 Å². The van der Waals surface area contributed by atoms with E-state index in [1.807, 2.05) is 132 Å². The van der Waals surface area contributed by atoms with Crippen LogP contribution in [-0.2, 0) is 0 Å². The van der Waals surface area contributed by atoms with Gasteiger partial charge in [-0.2, -0.15) is 0 Å². The quantitative estimate of drug-likeness (QED) is 0.162. The van der Waals surface area contributed by atoms with Crippen molar-refractivity contribution >= 4 is 60.5 Å². The van der Waals surface area contributed by atoms with E-state index in [1.54, 1.807) is 0 Å². The molecule has 0 bridgehead atoms. The molecule has 0 N–H and O–H groups in total. The summed E-state index contributed by atoms with van der Waals surface area (Å²) in [4.78, 5) is 1.88. The summed E-state index contributed by atoms with van der Waals surface area (Å²) >= 11 is 0. The van der Waals surface area contributed by atoms with Crippen molar-refractivity contribution < 1.29 is 9.90 Å². The number of nitrogens with zero attached hydrogens (tertiary/aromatic N) is 1. The van der Waals surface area contributed by atoms with E-state index in [2.05, 4.69) is 72.8 Å². The Morgan fingerprint density at radius 2 is 0.948 bits per heavy atom. The molecule has 1 aromatic heterocycles. The third-order valence-corrected chi connectivity index (χ3v) is 11.2. The van der Waals surface area contributed by atoms with E-state index < -0.39 is 0 Å². The van der Waals surface area contributed by atoms with Crippen molar-refractivity contribution in [1.29, 1.82) is 0 Å². The van der Waals surface area contributed by atoms with Crippen LogP contribution in [-0.4, -0.2) is 0 Å². The van der Waals surface area contributed by atoms with Crippen molar-refractivity contribution in [1.82, 2.24) is 0 Å². The van der Waals surface area contributed by atoms with Crippen molar-refractivity contribution in [2.75, 3.05) is 4.90 Å². The molecule has 2 heteroatoms. The number of fused-ring (bicyclic) bond motifs is 6. The molecule has 0 aliphatic heterocycles. The lowest BCUT2D eigenvalue weighted by Crippen LogP contribution is -2.11. The monoisotopic (exact) mass is 743 g/mol. The maximum absolute atomic E-state index is 9.66. The highest BCUT2D eigenvalue weighted by Crippen LogP contribution is 2.43. The molecule has 0 saturated carbocycles. The summed E-state index contributed by atoms with van der Waals surface area (Å²) in [5, 5.41) is 6.46. The van der Waals surface area contributed by atoms with Gasteiger partial charge in [0.15, 0.2) is 0 Å². The molecule has 0 amide bonds. The molecule has 11 rings (SSSR count). The predicted octanol–water partition coefficient (Wildman–Crippen LogP) is 16.0. The highest BCUT2D eigenvalue weighted by atomic mass is 16.3. The van der Waals surface area contributed by atoms with Gasteiger partial charge in [0.05, 0.1) is 11.2 Å². The molecule has 272 valence electrons. The average molecular weight is 744 g/mol. The van der Waals surface area contributed by atoms with Crippen LogP contribution in [0, 0.1) is 0 Å². The van der Waals surface area contributed by atoms with Crippen LogP contribution >= 0.6 is 0 Å². The Balaban J connectivity index is 1.06. The minimum Gasteiger partial charge on any atom is -0.455 e. The maximum Gasteiger partial charge on any atom is 0.143 e. The Hall–Kier alpha value is -7.68. The van der Waals surface area contributed by atoms with Gasteiger partial charge in [0.1, 0.15) is 11.2 Å². The highest BCUT2D eigenvalue weighted by molar-refractivity contribution is 6.15. The van der Waals surface area contributed by atoms with Crippen LogP contribution in [0.25, 0.3) is 88.0 Å². The molecule has 0 saturated heterocycles. The van der Waals surface area contributed by atoms with Crippen LogP contribution in [0.5, 0.6) is 0 Å². The standard InChI is InChI=1S/C56H37NO/c1-2-11-38(12-3-1)40-25-31-46(32-26-40)57(47-33-27-41(28-34-47)39-21-23-43(24-22-39)49-18-10-14-42-13-4-5-15-48(42)49)54-19-8-6-16-50(54)44-29-35-51-45(37-44)30-36-53-52-17-7-9-20-55(52)58-56(51)53/h1-37H/i27D,28D,33D,34D. The summed E-state index contributed by atoms with van der Waals surface area (Å²) in [5.74, 6) is 0. The summed E-state index contributed by atoms with van der Waals surface area (Å²) in [5.41, 5.74) is 10.2. The molecule has 0 radical (unpaired) electrons. The molecule has 0 aliphatic carbocycles. The topological polar surface area (TPSA) is 16.4 Å². The molecule has 0 fully saturated rings. The fourth-order valence-electron chi connectivity index (χ4n) is 8.27. The van der Waals surface area contributed by atoms with E-state index in [1.165, 1.54) is 0 Å². The van der Waals surface area contributed by atoms with Gasteiger partial charge < -0.3 is 9.32 Å². The zero-order chi connectivity index (χ0) is 41.9. The van der Waals surface area contributed by atoms with Gasteiger partial charge in [-0.05, 0) is 110 Å². The second kappa shape index (κ2) is 14.1. The minimum atomic E-state index is -0.133. The fraction of sp³-hybridized carbons (Fsp3) is 0. The van der Waals surface area contributed by atoms with Crippen molar-refractivity contribution in [2.45, 2.75) is 0 Å². The predicted molar refractivity (Wildman–Crippen MR) is 245 cm³/mol. The fourth-order valence-corrected chi connectivity index (χ4v) is 8.27. The third kappa shape index (κ3) is 5.91. The number of benzene rings is 10. The molecule has 2 nitrogen and oxygen atoms in total. The number of hydrogen-bond donors (Lipinski definition) is 0. The van der Waals surface area contributed by atoms with Gasteiger partial charge in [-0.15, -0.1) is 0 Å². The SMILES string of the molecule is [2H]c1c([2H])c(N(c2ccc(-c3ccccc3)cc2)c2ccccc2-c2ccc3c(ccc4c5ccccc5oc34)c2)c([2H])c([2H])c1-c1ccc(-c2cccc3ccccc23)cc1. The van der Waals surface area contributed by atoms with Crippen molar-refractivity contribution in [3.8, 4) is 44.5 Å². The van der Waals surface area contributed by atoms with Crippen molar-refractivity contribution in [3.05, 3.63) is 224 Å². The van der Waals surface area contributed by atoms with E-state index in [-0.39, 0.29) is 35.4 Å². The summed E-state index contributed by atoms with van der Waals surface area (Å²) in [7, 11) is 0. The number of hydrogen-bond acceptors (Lipinski definition) is 2. The summed E-state index contributed by atoms with van der Waals surface area (Å²) in [6.07, 6.45) is 0. The molecule has 0 atom stereocenters. The molecule has 0 spiro atoms. The van der Waals surface area contributed by atoms with Crippen LogP contribution in [0.4, 0.5) is 17.1 Å². The first-order valence-electron chi connectivity index (χ1n) is 21.5. The molecule has 58 heavy (non-hydrogen) atoms. The highest BCUT2D eigenvalue weighted by Gasteiger charge is 2.19. The molecule has 0 aliphatic rings. The summed E-state index contributed by atoms with van der Waals surface area (Å²) in [6.45, 7) is 0. The Morgan fingerprint density at radius 1 is 0.345 bits per heavy atom. The second-order valence-electron chi connectivity index (χ2n) is 14.6. The number of furan rings is 1. The van der Waals surface area contributed by atoms with Crippen LogP contribution < -0.4 is 4.90 Å². The maximum atomic E-state index is 9.66. The Bertz CT molecular complexity index is 3470. The van der Waals surface area contributed by atoms with E-state index in [0.29, 0.717) is 11.3 Å². The molecular formula is C56H37NO. The van der Waals surface area contributed by atoms with Gasteiger partial charge in [-0.1, -0.05) is 170 Å². The third-order valence-electron chi connectivity index (χ3n) is 11.2. The molecular weight excluding hydrogens is 703 g/mol. The summed E-state index contributed by atoms with van der Waals surface area (Å²) in [6, 6.07) is 66.7. The smallest absolute Gasteiger partial charge is 0.143 e. The van der Waals surface area contributed by atoms with Crippen LogP contribution in [0.2, 0.25) is 0 Å². The number of para-hydroxylation sites is 2. The van der Waals surface area contributed by atoms with Gasteiger partial charge in [0.25, 0.3) is 0 Å².